The average molecular weight is 282 g/mol. The van der Waals surface area contributed by atoms with Crippen molar-refractivity contribution < 1.29 is 9.59 Å². The Morgan fingerprint density at radius 2 is 2.12 bits per heavy atom. The van der Waals surface area contributed by atoms with Crippen molar-refractivity contribution in [1.82, 2.24) is 4.90 Å². The molecule has 1 fully saturated rings. The summed E-state index contributed by atoms with van der Waals surface area (Å²) in [4.78, 5) is 25.0. The highest BCUT2D eigenvalue weighted by molar-refractivity contribution is 9.10. The van der Waals surface area contributed by atoms with Crippen LogP contribution in [-0.4, -0.2) is 23.3 Å². The van der Waals surface area contributed by atoms with Crippen LogP contribution in [0.4, 0.5) is 0 Å². The predicted octanol–water partition coefficient (Wildman–Crippen LogP) is 2.46. The summed E-state index contributed by atoms with van der Waals surface area (Å²) in [6.07, 6.45) is 0.468. The van der Waals surface area contributed by atoms with E-state index in [0.717, 1.165) is 4.47 Å². The van der Waals surface area contributed by atoms with Crippen molar-refractivity contribution in [2.24, 2.45) is 5.92 Å². The van der Waals surface area contributed by atoms with Gasteiger partial charge in [-0.3, -0.25) is 14.5 Å². The van der Waals surface area contributed by atoms with Crippen LogP contribution in [0.2, 0.25) is 0 Å². The minimum absolute atomic E-state index is 0.0757. The van der Waals surface area contributed by atoms with Crippen molar-refractivity contribution >= 4 is 27.7 Å². The van der Waals surface area contributed by atoms with E-state index in [-0.39, 0.29) is 17.7 Å². The molecule has 1 aliphatic heterocycles. The zero-order chi connectivity index (χ0) is 11.7. The molecule has 0 spiro atoms. The van der Waals surface area contributed by atoms with E-state index in [1.54, 1.807) is 18.2 Å². The van der Waals surface area contributed by atoms with Crippen LogP contribution in [-0.2, 0) is 4.79 Å². The zero-order valence-electron chi connectivity index (χ0n) is 8.94. The van der Waals surface area contributed by atoms with Gasteiger partial charge in [0.1, 0.15) is 0 Å². The van der Waals surface area contributed by atoms with Crippen molar-refractivity contribution in [3.8, 4) is 0 Å². The molecule has 84 valence electrons. The Bertz CT molecular complexity index is 444. The lowest BCUT2D eigenvalue weighted by molar-refractivity contribution is -0.125. The lowest BCUT2D eigenvalue weighted by Gasteiger charge is -2.14. The molecule has 1 saturated heterocycles. The van der Waals surface area contributed by atoms with Gasteiger partial charge >= 0.3 is 0 Å². The van der Waals surface area contributed by atoms with E-state index in [2.05, 4.69) is 15.9 Å². The topological polar surface area (TPSA) is 37.4 Å². The van der Waals surface area contributed by atoms with Gasteiger partial charge in [-0.2, -0.15) is 0 Å². The standard InChI is InChI=1S/C12H12BrNO2/c1-8-6-11(15)14(7-8)12(16)9-4-2-3-5-10(9)13/h2-5,8H,6-7H2,1H3. The number of hydrogen-bond acceptors (Lipinski definition) is 2. The molecule has 0 radical (unpaired) electrons. The van der Waals surface area contributed by atoms with Crippen molar-refractivity contribution in [1.29, 1.82) is 0 Å². The van der Waals surface area contributed by atoms with Gasteiger partial charge < -0.3 is 0 Å². The maximum Gasteiger partial charge on any atom is 0.261 e. The highest BCUT2D eigenvalue weighted by Gasteiger charge is 2.32. The molecule has 0 aliphatic carbocycles. The molecule has 0 bridgehead atoms. The number of imide groups is 1. The zero-order valence-corrected chi connectivity index (χ0v) is 10.5. The Balaban J connectivity index is 2.27. The molecular formula is C12H12BrNO2. The number of likely N-dealkylation sites (tertiary alicyclic amines) is 1. The number of carbonyl (C=O) groups excluding carboxylic acids is 2. The van der Waals surface area contributed by atoms with Crippen LogP contribution >= 0.6 is 15.9 Å². The number of benzene rings is 1. The number of amides is 2. The largest absolute Gasteiger partial charge is 0.278 e. The number of nitrogens with zero attached hydrogens (tertiary/aromatic N) is 1. The molecule has 1 aromatic rings. The molecule has 0 N–H and O–H groups in total. The maximum absolute atomic E-state index is 12.1. The average Bonchev–Trinajstić information content (AvgIpc) is 2.58. The second kappa shape index (κ2) is 4.37. The van der Waals surface area contributed by atoms with E-state index >= 15 is 0 Å². The van der Waals surface area contributed by atoms with E-state index < -0.39 is 0 Å². The monoisotopic (exact) mass is 281 g/mol. The van der Waals surface area contributed by atoms with E-state index in [1.165, 1.54) is 4.90 Å². The van der Waals surface area contributed by atoms with Gasteiger partial charge in [-0.05, 0) is 34.0 Å². The fourth-order valence-corrected chi connectivity index (χ4v) is 2.32. The van der Waals surface area contributed by atoms with Gasteiger partial charge in [-0.15, -0.1) is 0 Å². The molecule has 0 saturated carbocycles. The second-order valence-electron chi connectivity index (χ2n) is 4.10. The summed E-state index contributed by atoms with van der Waals surface area (Å²) in [7, 11) is 0. The SMILES string of the molecule is CC1CC(=O)N(C(=O)c2ccccc2Br)C1. The second-order valence-corrected chi connectivity index (χ2v) is 4.95. The van der Waals surface area contributed by atoms with Crippen LogP contribution in [0.25, 0.3) is 0 Å². The van der Waals surface area contributed by atoms with Crippen molar-refractivity contribution in [2.75, 3.05) is 6.54 Å². The van der Waals surface area contributed by atoms with Crippen LogP contribution in [0.1, 0.15) is 23.7 Å². The van der Waals surface area contributed by atoms with Crippen LogP contribution in [0.3, 0.4) is 0 Å². The maximum atomic E-state index is 12.1. The molecule has 4 heteroatoms. The quantitative estimate of drug-likeness (QED) is 0.742. The molecule has 1 aromatic carbocycles. The first-order valence-corrected chi connectivity index (χ1v) is 5.98. The van der Waals surface area contributed by atoms with Crippen molar-refractivity contribution in [3.05, 3.63) is 34.3 Å². The third kappa shape index (κ3) is 2.02. The third-order valence-corrected chi connectivity index (χ3v) is 3.36. The molecule has 16 heavy (non-hydrogen) atoms. The Hall–Kier alpha value is -1.16. The summed E-state index contributed by atoms with van der Waals surface area (Å²) in [5.74, 6) is -0.0194. The minimum atomic E-state index is -0.207. The fourth-order valence-electron chi connectivity index (χ4n) is 1.86. The molecule has 2 rings (SSSR count). The first kappa shape index (κ1) is 11.3. The van der Waals surface area contributed by atoms with Gasteiger partial charge in [-0.1, -0.05) is 19.1 Å². The van der Waals surface area contributed by atoms with E-state index in [1.807, 2.05) is 13.0 Å². The van der Waals surface area contributed by atoms with Gasteiger partial charge in [-0.25, -0.2) is 0 Å². The molecule has 2 amide bonds. The van der Waals surface area contributed by atoms with E-state index in [4.69, 9.17) is 0 Å². The number of hydrogen-bond donors (Lipinski definition) is 0. The highest BCUT2D eigenvalue weighted by atomic mass is 79.9. The summed E-state index contributed by atoms with van der Waals surface area (Å²) in [6.45, 7) is 2.50. The van der Waals surface area contributed by atoms with Crippen LogP contribution in [0.5, 0.6) is 0 Å². The molecule has 1 atom stereocenters. The Morgan fingerprint density at radius 3 is 2.69 bits per heavy atom. The normalized spacial score (nSPS) is 20.2. The van der Waals surface area contributed by atoms with Gasteiger partial charge in [0.2, 0.25) is 5.91 Å². The molecule has 1 unspecified atom stereocenters. The predicted molar refractivity (Wildman–Crippen MR) is 64.0 cm³/mol. The fraction of sp³-hybridized carbons (Fsp3) is 0.333. The van der Waals surface area contributed by atoms with Crippen molar-refractivity contribution in [2.45, 2.75) is 13.3 Å². The van der Waals surface area contributed by atoms with Gasteiger partial charge in [0.15, 0.2) is 0 Å². The minimum Gasteiger partial charge on any atom is -0.278 e. The van der Waals surface area contributed by atoms with E-state index in [9.17, 15) is 9.59 Å². The number of carbonyl (C=O) groups is 2. The Morgan fingerprint density at radius 1 is 1.44 bits per heavy atom. The molecule has 3 nitrogen and oxygen atoms in total. The van der Waals surface area contributed by atoms with Gasteiger partial charge in [0, 0.05) is 17.4 Å². The first-order chi connectivity index (χ1) is 7.59. The first-order valence-electron chi connectivity index (χ1n) is 5.19. The van der Waals surface area contributed by atoms with Crippen molar-refractivity contribution in [3.63, 3.8) is 0 Å². The number of rotatable bonds is 1. The molecular weight excluding hydrogens is 270 g/mol. The third-order valence-electron chi connectivity index (χ3n) is 2.67. The lowest BCUT2D eigenvalue weighted by Crippen LogP contribution is -2.32. The molecule has 1 aliphatic rings. The van der Waals surface area contributed by atoms with Gasteiger partial charge in [0.05, 0.1) is 5.56 Å². The highest BCUT2D eigenvalue weighted by Crippen LogP contribution is 2.23. The molecule has 1 heterocycles. The molecule has 0 aromatic heterocycles. The van der Waals surface area contributed by atoms with Gasteiger partial charge in [0.25, 0.3) is 5.91 Å². The lowest BCUT2D eigenvalue weighted by atomic mass is 10.2. The van der Waals surface area contributed by atoms with E-state index in [0.29, 0.717) is 18.5 Å². The van der Waals surface area contributed by atoms with Crippen LogP contribution in [0.15, 0.2) is 28.7 Å². The van der Waals surface area contributed by atoms with Crippen LogP contribution < -0.4 is 0 Å². The summed E-state index contributed by atoms with van der Waals surface area (Å²) in [5, 5.41) is 0. The number of halogens is 1. The summed E-state index contributed by atoms with van der Waals surface area (Å²) in [5.41, 5.74) is 0.546. The summed E-state index contributed by atoms with van der Waals surface area (Å²) >= 11 is 3.32. The summed E-state index contributed by atoms with van der Waals surface area (Å²) < 4.78 is 0.729. The Labute approximate surface area is 103 Å². The van der Waals surface area contributed by atoms with Crippen LogP contribution in [0, 0.1) is 5.92 Å². The Kier molecular flexibility index (Phi) is 3.10. The smallest absolute Gasteiger partial charge is 0.261 e. The summed E-state index contributed by atoms with van der Waals surface area (Å²) in [6, 6.07) is 7.16.